The Morgan fingerprint density at radius 1 is 1.21 bits per heavy atom. The molecule has 0 radical (unpaired) electrons. The molecule has 0 atom stereocenters. The number of nitrogens with one attached hydrogen (secondary N) is 1. The molecule has 1 aromatic heterocycles. The maximum absolute atomic E-state index is 13.0. The van der Waals surface area contributed by atoms with Gasteiger partial charge in [-0.05, 0) is 56.3 Å². The van der Waals surface area contributed by atoms with Crippen molar-refractivity contribution in [2.75, 3.05) is 11.9 Å². The molecular weight excluding hydrogens is 378 g/mol. The third-order valence-corrected chi connectivity index (χ3v) is 6.02. The number of aromatic nitrogens is 2. The summed E-state index contributed by atoms with van der Waals surface area (Å²) in [5.41, 5.74) is 6.65. The summed E-state index contributed by atoms with van der Waals surface area (Å²) in [6, 6.07) is 0.153. The first-order valence-corrected chi connectivity index (χ1v) is 10.5. The van der Waals surface area contributed by atoms with Crippen molar-refractivity contribution in [3.63, 3.8) is 0 Å². The molecule has 1 amide bonds. The Bertz CT molecular complexity index is 724. The summed E-state index contributed by atoms with van der Waals surface area (Å²) in [6.45, 7) is 4.74. The van der Waals surface area contributed by atoms with Crippen LogP contribution >= 0.6 is 0 Å². The molecule has 6 nitrogen and oxygen atoms in total. The van der Waals surface area contributed by atoms with E-state index >= 15 is 0 Å². The molecule has 1 heterocycles. The van der Waals surface area contributed by atoms with Crippen LogP contribution in [-0.4, -0.2) is 40.6 Å². The molecule has 29 heavy (non-hydrogen) atoms. The van der Waals surface area contributed by atoms with Crippen LogP contribution in [0, 0.1) is 11.3 Å². The molecule has 2 aliphatic carbocycles. The zero-order valence-electron chi connectivity index (χ0n) is 17.5. The van der Waals surface area contributed by atoms with Gasteiger partial charge >= 0.3 is 0 Å². The molecular formula is C21H32F2N4O2. The molecule has 0 unspecified atom stereocenters. The molecule has 0 spiro atoms. The average molecular weight is 411 g/mol. The number of rotatable bonds is 9. The summed E-state index contributed by atoms with van der Waals surface area (Å²) in [7, 11) is 0. The highest BCUT2D eigenvalue weighted by molar-refractivity contribution is 5.93. The molecule has 0 bridgehead atoms. The molecule has 0 saturated heterocycles. The Morgan fingerprint density at radius 3 is 2.41 bits per heavy atom. The first kappa shape index (κ1) is 21.9. The summed E-state index contributed by atoms with van der Waals surface area (Å²) in [5.74, 6) is -2.17. The van der Waals surface area contributed by atoms with Crippen LogP contribution in [0.3, 0.4) is 0 Å². The lowest BCUT2D eigenvalue weighted by Gasteiger charge is -2.30. The number of anilines is 1. The van der Waals surface area contributed by atoms with Gasteiger partial charge in [0.1, 0.15) is 6.61 Å². The summed E-state index contributed by atoms with van der Waals surface area (Å²) in [4.78, 5) is 20.7. The van der Waals surface area contributed by atoms with Gasteiger partial charge in [0, 0.05) is 19.2 Å². The molecule has 0 aromatic carbocycles. The fourth-order valence-corrected chi connectivity index (χ4v) is 4.09. The largest absolute Gasteiger partial charge is 0.372 e. The molecule has 2 aliphatic rings. The minimum absolute atomic E-state index is 0.0621. The molecule has 2 fully saturated rings. The normalized spacial score (nSPS) is 23.1. The lowest BCUT2D eigenvalue weighted by Crippen LogP contribution is -2.33. The minimum Gasteiger partial charge on any atom is -0.372 e. The monoisotopic (exact) mass is 410 g/mol. The van der Waals surface area contributed by atoms with Gasteiger partial charge in [0.15, 0.2) is 0 Å². The van der Waals surface area contributed by atoms with Crippen LogP contribution in [0.25, 0.3) is 0 Å². The van der Waals surface area contributed by atoms with Crippen molar-refractivity contribution in [1.82, 2.24) is 9.97 Å². The van der Waals surface area contributed by atoms with E-state index in [4.69, 9.17) is 10.5 Å². The Morgan fingerprint density at radius 2 is 1.86 bits per heavy atom. The number of amides is 1. The van der Waals surface area contributed by atoms with Crippen molar-refractivity contribution in [2.45, 2.75) is 83.8 Å². The fraction of sp³-hybridized carbons (Fsp3) is 0.762. The number of primary amides is 1. The second-order valence-corrected chi connectivity index (χ2v) is 9.36. The third-order valence-electron chi connectivity index (χ3n) is 6.02. The Hall–Kier alpha value is -1.83. The molecule has 2 saturated carbocycles. The average Bonchev–Trinajstić information content (AvgIpc) is 3.46. The summed E-state index contributed by atoms with van der Waals surface area (Å²) < 4.78 is 31.2. The lowest BCUT2D eigenvalue weighted by atomic mass is 9.82. The van der Waals surface area contributed by atoms with Crippen LogP contribution in [0.15, 0.2) is 6.20 Å². The number of carbonyl (C=O) groups excluding carboxylic acids is 1. The van der Waals surface area contributed by atoms with Crippen LogP contribution in [0.1, 0.15) is 75.3 Å². The van der Waals surface area contributed by atoms with Crippen molar-refractivity contribution in [3.8, 4) is 0 Å². The van der Waals surface area contributed by atoms with Crippen LogP contribution in [0.4, 0.5) is 14.7 Å². The molecule has 0 aliphatic heterocycles. The van der Waals surface area contributed by atoms with Crippen molar-refractivity contribution in [2.24, 2.45) is 17.1 Å². The Kier molecular flexibility index (Phi) is 6.41. The number of nitrogens with two attached hydrogens (primary N) is 1. The van der Waals surface area contributed by atoms with Crippen molar-refractivity contribution >= 4 is 11.9 Å². The standard InChI is InChI=1S/C21H32F2N4O2/c1-20(2,13-4-5-13)10-17-16(18(24)28)11-25-19(27-17)26-14-6-8-15(9-7-14)29-12-21(3,22)23/h11,13-15H,4-10,12H2,1-3H3,(H2,24,28)(H,25,26,27). The third kappa shape index (κ3) is 6.32. The number of hydrogen-bond donors (Lipinski definition) is 2. The van der Waals surface area contributed by atoms with Gasteiger partial charge in [-0.1, -0.05) is 13.8 Å². The minimum atomic E-state index is -2.80. The van der Waals surface area contributed by atoms with E-state index in [-0.39, 0.29) is 17.6 Å². The lowest BCUT2D eigenvalue weighted by molar-refractivity contribution is -0.0943. The smallest absolute Gasteiger partial charge is 0.268 e. The van der Waals surface area contributed by atoms with E-state index in [1.54, 1.807) is 0 Å². The molecule has 162 valence electrons. The number of hydrogen-bond acceptors (Lipinski definition) is 5. The van der Waals surface area contributed by atoms with Gasteiger partial charge in [0.05, 0.1) is 17.4 Å². The number of alkyl halides is 2. The fourth-order valence-electron chi connectivity index (χ4n) is 4.09. The van der Waals surface area contributed by atoms with Gasteiger partial charge in [-0.2, -0.15) is 0 Å². The predicted octanol–water partition coefficient (Wildman–Crippen LogP) is 3.95. The van der Waals surface area contributed by atoms with Crippen molar-refractivity contribution < 1.29 is 18.3 Å². The topological polar surface area (TPSA) is 90.1 Å². The van der Waals surface area contributed by atoms with Gasteiger partial charge in [-0.15, -0.1) is 0 Å². The number of nitrogens with zero attached hydrogens (tertiary/aromatic N) is 2. The highest BCUT2D eigenvalue weighted by Crippen LogP contribution is 2.47. The molecule has 3 N–H and O–H groups in total. The summed E-state index contributed by atoms with van der Waals surface area (Å²) in [6.07, 6.45) is 7.51. The number of carbonyl (C=O) groups is 1. The van der Waals surface area contributed by atoms with Crippen molar-refractivity contribution in [1.29, 1.82) is 0 Å². The maximum atomic E-state index is 13.0. The van der Waals surface area contributed by atoms with Crippen LogP contribution < -0.4 is 11.1 Å². The quantitative estimate of drug-likeness (QED) is 0.643. The van der Waals surface area contributed by atoms with Gasteiger partial charge in [0.25, 0.3) is 11.8 Å². The first-order chi connectivity index (χ1) is 13.5. The van der Waals surface area contributed by atoms with E-state index in [1.807, 2.05) is 0 Å². The second kappa shape index (κ2) is 8.50. The highest BCUT2D eigenvalue weighted by Gasteiger charge is 2.38. The van der Waals surface area contributed by atoms with E-state index in [1.165, 1.54) is 19.0 Å². The van der Waals surface area contributed by atoms with Crippen LogP contribution in [-0.2, 0) is 11.2 Å². The number of halogens is 2. The Balaban J connectivity index is 1.60. The van der Waals surface area contributed by atoms with Crippen molar-refractivity contribution in [3.05, 3.63) is 17.5 Å². The summed E-state index contributed by atoms with van der Waals surface area (Å²) in [5, 5.41) is 3.33. The summed E-state index contributed by atoms with van der Waals surface area (Å²) >= 11 is 0. The highest BCUT2D eigenvalue weighted by atomic mass is 19.3. The van der Waals surface area contributed by atoms with E-state index in [2.05, 4.69) is 29.1 Å². The number of ether oxygens (including phenoxy) is 1. The predicted molar refractivity (Wildman–Crippen MR) is 107 cm³/mol. The zero-order chi connectivity index (χ0) is 21.2. The van der Waals surface area contributed by atoms with Gasteiger partial charge in [-0.3, -0.25) is 4.79 Å². The SMILES string of the molecule is CC(F)(F)COC1CCC(Nc2ncc(C(N)=O)c(CC(C)(C)C3CC3)n2)CC1. The molecule has 3 rings (SSSR count). The zero-order valence-corrected chi connectivity index (χ0v) is 17.5. The first-order valence-electron chi connectivity index (χ1n) is 10.5. The second-order valence-electron chi connectivity index (χ2n) is 9.36. The van der Waals surface area contributed by atoms with E-state index in [0.717, 1.165) is 19.8 Å². The Labute approximate surface area is 171 Å². The van der Waals surface area contributed by atoms with Crippen LogP contribution in [0.2, 0.25) is 0 Å². The van der Waals surface area contributed by atoms with E-state index in [0.29, 0.717) is 42.4 Å². The molecule has 1 aromatic rings. The van der Waals surface area contributed by atoms with Crippen LogP contribution in [0.5, 0.6) is 0 Å². The van der Waals surface area contributed by atoms with Gasteiger partial charge in [0.2, 0.25) is 5.95 Å². The molecule has 8 heteroatoms. The van der Waals surface area contributed by atoms with Gasteiger partial charge < -0.3 is 15.8 Å². The maximum Gasteiger partial charge on any atom is 0.268 e. The van der Waals surface area contributed by atoms with Gasteiger partial charge in [-0.25, -0.2) is 18.7 Å². The van der Waals surface area contributed by atoms with E-state index < -0.39 is 18.4 Å². The van der Waals surface area contributed by atoms with E-state index in [9.17, 15) is 13.6 Å².